The van der Waals surface area contributed by atoms with Gasteiger partial charge in [-0.15, -0.1) is 11.3 Å². The third-order valence-electron chi connectivity index (χ3n) is 2.34. The Bertz CT molecular complexity index is 344. The normalized spacial score (nSPS) is 16.7. The molecule has 1 aromatic heterocycles. The van der Waals surface area contributed by atoms with E-state index in [-0.39, 0.29) is 5.01 Å². The molecule has 0 saturated heterocycles. The molecule has 16 heavy (non-hydrogen) atoms. The summed E-state index contributed by atoms with van der Waals surface area (Å²) < 4.78 is 36.2. The molecule has 90 valence electrons. The zero-order valence-electron chi connectivity index (χ0n) is 8.68. The van der Waals surface area contributed by atoms with Gasteiger partial charge in [0.2, 0.25) is 0 Å². The van der Waals surface area contributed by atoms with Gasteiger partial charge in [0.1, 0.15) is 5.01 Å². The van der Waals surface area contributed by atoms with Gasteiger partial charge in [-0.3, -0.25) is 0 Å². The highest BCUT2D eigenvalue weighted by Gasteiger charge is 2.29. The summed E-state index contributed by atoms with van der Waals surface area (Å²) in [6.07, 6.45) is -1.91. The Morgan fingerprint density at radius 1 is 1.44 bits per heavy atom. The van der Waals surface area contributed by atoms with Crippen LogP contribution in [-0.4, -0.2) is 23.7 Å². The first kappa shape index (κ1) is 11.9. The summed E-state index contributed by atoms with van der Waals surface area (Å²) in [4.78, 5) is 3.97. The van der Waals surface area contributed by atoms with Crippen LogP contribution in [0.3, 0.4) is 0 Å². The molecule has 1 heterocycles. The Kier molecular flexibility index (Phi) is 3.49. The van der Waals surface area contributed by atoms with Gasteiger partial charge in [-0.1, -0.05) is 0 Å². The summed E-state index contributed by atoms with van der Waals surface area (Å²) >= 11 is 1.09. The van der Waals surface area contributed by atoms with E-state index in [0.29, 0.717) is 12.5 Å². The third kappa shape index (κ3) is 4.09. The van der Waals surface area contributed by atoms with E-state index >= 15 is 0 Å². The molecule has 0 spiro atoms. The van der Waals surface area contributed by atoms with Crippen LogP contribution in [0.2, 0.25) is 0 Å². The maximum atomic E-state index is 12.1. The number of rotatable bonds is 5. The van der Waals surface area contributed by atoms with Crippen molar-refractivity contribution >= 4 is 11.3 Å². The van der Waals surface area contributed by atoms with Gasteiger partial charge in [0.25, 0.3) is 0 Å². The molecule has 0 aromatic carbocycles. The van der Waals surface area contributed by atoms with Crippen molar-refractivity contribution in [1.29, 1.82) is 0 Å². The molecule has 1 fully saturated rings. The molecule has 0 atom stereocenters. The van der Waals surface area contributed by atoms with E-state index in [9.17, 15) is 13.2 Å². The summed E-state index contributed by atoms with van der Waals surface area (Å²) in [5.41, 5.74) is 0.761. The minimum Gasteiger partial charge on any atom is -0.314 e. The van der Waals surface area contributed by atoms with Gasteiger partial charge >= 0.3 is 6.18 Å². The highest BCUT2D eigenvalue weighted by Crippen LogP contribution is 2.23. The Hall–Kier alpha value is -0.620. The lowest BCUT2D eigenvalue weighted by molar-refractivity contribution is -0.127. The van der Waals surface area contributed by atoms with Crippen molar-refractivity contribution in [2.24, 2.45) is 0 Å². The first-order chi connectivity index (χ1) is 7.53. The van der Waals surface area contributed by atoms with Gasteiger partial charge in [0.15, 0.2) is 0 Å². The number of halogens is 3. The van der Waals surface area contributed by atoms with Crippen molar-refractivity contribution in [3.63, 3.8) is 0 Å². The van der Waals surface area contributed by atoms with Gasteiger partial charge in [-0.05, 0) is 12.8 Å². The van der Waals surface area contributed by atoms with Crippen molar-refractivity contribution in [3.8, 4) is 0 Å². The molecule has 6 heteroatoms. The number of nitrogens with zero attached hydrogens (tertiary/aromatic N) is 1. The SMILES string of the molecule is FC(F)(F)Cc1nc(CCNC2CC2)cs1. The smallest absolute Gasteiger partial charge is 0.314 e. The molecule has 0 amide bonds. The zero-order valence-corrected chi connectivity index (χ0v) is 9.50. The van der Waals surface area contributed by atoms with Gasteiger partial charge in [-0.25, -0.2) is 4.98 Å². The van der Waals surface area contributed by atoms with Gasteiger partial charge in [0.05, 0.1) is 12.1 Å². The molecule has 0 unspecified atom stereocenters. The average Bonchev–Trinajstić information content (AvgIpc) is 2.86. The highest BCUT2D eigenvalue weighted by molar-refractivity contribution is 7.09. The van der Waals surface area contributed by atoms with E-state index in [2.05, 4.69) is 10.3 Å². The number of hydrogen-bond donors (Lipinski definition) is 1. The van der Waals surface area contributed by atoms with Crippen LogP contribution in [0.5, 0.6) is 0 Å². The van der Waals surface area contributed by atoms with E-state index in [1.54, 1.807) is 5.38 Å². The van der Waals surface area contributed by atoms with E-state index in [0.717, 1.165) is 23.6 Å². The predicted octanol–water partition coefficient (Wildman–Crippen LogP) is 2.54. The molecule has 1 N–H and O–H groups in total. The maximum absolute atomic E-state index is 12.1. The maximum Gasteiger partial charge on any atom is 0.395 e. The van der Waals surface area contributed by atoms with Crippen LogP contribution < -0.4 is 5.32 Å². The second-order valence-electron chi connectivity index (χ2n) is 4.00. The Morgan fingerprint density at radius 3 is 2.81 bits per heavy atom. The molecule has 0 bridgehead atoms. The van der Waals surface area contributed by atoms with Gasteiger partial charge in [-0.2, -0.15) is 13.2 Å². The minimum atomic E-state index is -4.15. The molecule has 2 nitrogen and oxygen atoms in total. The van der Waals surface area contributed by atoms with Crippen LogP contribution in [0, 0.1) is 0 Å². The lowest BCUT2D eigenvalue weighted by atomic mass is 10.3. The Morgan fingerprint density at radius 2 is 2.19 bits per heavy atom. The second kappa shape index (κ2) is 4.71. The number of alkyl halides is 3. The van der Waals surface area contributed by atoms with Crippen LogP contribution in [0.25, 0.3) is 0 Å². The van der Waals surface area contributed by atoms with E-state index in [1.165, 1.54) is 12.8 Å². The standard InChI is InChI=1S/C10H13F3N2S/c11-10(12,13)5-9-15-8(6-16-9)3-4-14-7-1-2-7/h6-7,14H,1-5H2. The van der Waals surface area contributed by atoms with E-state index in [4.69, 9.17) is 0 Å². The van der Waals surface area contributed by atoms with Crippen molar-refractivity contribution in [3.05, 3.63) is 16.1 Å². The number of nitrogens with one attached hydrogen (secondary N) is 1. The van der Waals surface area contributed by atoms with Crippen LogP contribution in [-0.2, 0) is 12.8 Å². The highest BCUT2D eigenvalue weighted by atomic mass is 32.1. The monoisotopic (exact) mass is 250 g/mol. The van der Waals surface area contributed by atoms with Crippen LogP contribution in [0.1, 0.15) is 23.5 Å². The molecular formula is C10H13F3N2S. The summed E-state index contributed by atoms with van der Waals surface area (Å²) in [5, 5.41) is 5.18. The van der Waals surface area contributed by atoms with E-state index in [1.807, 2.05) is 0 Å². The molecule has 0 aliphatic heterocycles. The molecular weight excluding hydrogens is 237 g/mol. The summed E-state index contributed by atoms with van der Waals surface area (Å²) in [6.45, 7) is 0.805. The molecule has 2 rings (SSSR count). The largest absolute Gasteiger partial charge is 0.395 e. The first-order valence-corrected chi connectivity index (χ1v) is 6.14. The number of hydrogen-bond acceptors (Lipinski definition) is 3. The quantitative estimate of drug-likeness (QED) is 0.868. The number of thiazole rings is 1. The van der Waals surface area contributed by atoms with Crippen molar-refractivity contribution in [2.45, 2.75) is 37.9 Å². The Balaban J connectivity index is 1.77. The van der Waals surface area contributed by atoms with Crippen LogP contribution >= 0.6 is 11.3 Å². The molecule has 1 aliphatic carbocycles. The predicted molar refractivity (Wildman–Crippen MR) is 56.6 cm³/mol. The van der Waals surface area contributed by atoms with Gasteiger partial charge in [0, 0.05) is 24.4 Å². The van der Waals surface area contributed by atoms with Crippen molar-refractivity contribution in [1.82, 2.24) is 10.3 Å². The summed E-state index contributed by atoms with van der Waals surface area (Å²) in [7, 11) is 0. The van der Waals surface area contributed by atoms with E-state index < -0.39 is 12.6 Å². The van der Waals surface area contributed by atoms with Crippen molar-refractivity contribution in [2.75, 3.05) is 6.54 Å². The fourth-order valence-corrected chi connectivity index (χ4v) is 2.27. The summed E-state index contributed by atoms with van der Waals surface area (Å²) in [6, 6.07) is 0.633. The number of aromatic nitrogens is 1. The first-order valence-electron chi connectivity index (χ1n) is 5.26. The topological polar surface area (TPSA) is 24.9 Å². The molecule has 1 aromatic rings. The van der Waals surface area contributed by atoms with Gasteiger partial charge < -0.3 is 5.32 Å². The average molecular weight is 250 g/mol. The van der Waals surface area contributed by atoms with Crippen LogP contribution in [0.4, 0.5) is 13.2 Å². The fourth-order valence-electron chi connectivity index (χ4n) is 1.41. The molecule has 1 aliphatic rings. The second-order valence-corrected chi connectivity index (χ2v) is 4.95. The van der Waals surface area contributed by atoms with Crippen LogP contribution in [0.15, 0.2) is 5.38 Å². The third-order valence-corrected chi connectivity index (χ3v) is 3.24. The summed E-state index contributed by atoms with van der Waals surface area (Å²) in [5.74, 6) is 0. The lowest BCUT2D eigenvalue weighted by Gasteiger charge is -2.02. The minimum absolute atomic E-state index is 0.161. The Labute approximate surface area is 95.9 Å². The zero-order chi connectivity index (χ0) is 11.6. The van der Waals surface area contributed by atoms with Crippen molar-refractivity contribution < 1.29 is 13.2 Å². The molecule has 0 radical (unpaired) electrons. The molecule has 1 saturated carbocycles. The lowest BCUT2D eigenvalue weighted by Crippen LogP contribution is -2.19. The fraction of sp³-hybridized carbons (Fsp3) is 0.700.